The van der Waals surface area contributed by atoms with Crippen molar-refractivity contribution in [2.45, 2.75) is 19.3 Å². The van der Waals surface area contributed by atoms with Crippen molar-refractivity contribution in [2.75, 3.05) is 4.90 Å². The molecule has 51 heavy (non-hydrogen) atoms. The van der Waals surface area contributed by atoms with Gasteiger partial charge in [0.1, 0.15) is 11.2 Å². The first-order valence-corrected chi connectivity index (χ1v) is 17.7. The van der Waals surface area contributed by atoms with Gasteiger partial charge in [-0.05, 0) is 74.5 Å². The van der Waals surface area contributed by atoms with Crippen LogP contribution in [0.5, 0.6) is 0 Å². The lowest BCUT2D eigenvalue weighted by Gasteiger charge is -2.33. The zero-order valence-electron chi connectivity index (χ0n) is 28.6. The van der Waals surface area contributed by atoms with Gasteiger partial charge in [-0.3, -0.25) is 0 Å². The fourth-order valence-corrected chi connectivity index (χ4v) is 8.54. The van der Waals surface area contributed by atoms with Gasteiger partial charge in [0, 0.05) is 33.0 Å². The highest BCUT2D eigenvalue weighted by atomic mass is 16.3. The Balaban J connectivity index is 1.22. The Bertz CT molecular complexity index is 2780. The summed E-state index contributed by atoms with van der Waals surface area (Å²) in [4.78, 5) is 2.47. The SMILES string of the molecule is CC1(C)c2ccccc2-c2cccc(N(c3ccc(-c4cccc5ccccc45)cc3)c3ccccc3-c3cccc4c3oc3ccccc34)c21. The number of fused-ring (bicyclic) bond motifs is 7. The molecule has 0 amide bonds. The Kier molecular flexibility index (Phi) is 6.56. The molecule has 0 bridgehead atoms. The minimum atomic E-state index is -0.197. The maximum absolute atomic E-state index is 6.61. The van der Waals surface area contributed by atoms with Gasteiger partial charge < -0.3 is 9.32 Å². The molecule has 0 unspecified atom stereocenters. The first kappa shape index (κ1) is 29.5. The molecular weight excluding hydrogens is 619 g/mol. The molecule has 242 valence electrons. The zero-order valence-corrected chi connectivity index (χ0v) is 28.6. The van der Waals surface area contributed by atoms with E-state index in [2.05, 4.69) is 189 Å². The molecule has 8 aromatic carbocycles. The van der Waals surface area contributed by atoms with Crippen LogP contribution in [0.1, 0.15) is 25.0 Å². The third-order valence-corrected chi connectivity index (χ3v) is 10.9. The molecule has 0 saturated heterocycles. The molecule has 1 aliphatic rings. The molecule has 1 heterocycles. The standard InChI is InChI=1S/C49H35NO/c1-49(2)43-24-8-5-17-37(43)40-21-13-26-45(47(40)49)50(34-30-28-33(29-31-34)36-20-11-15-32-14-3-4-16-35(32)36)44-25-9-6-18-38(44)41-22-12-23-42-39-19-7-10-27-46(39)51-48(41)42/h3-31H,1-2H3. The molecule has 0 N–H and O–H groups in total. The molecule has 1 aliphatic carbocycles. The van der Waals surface area contributed by atoms with Crippen molar-refractivity contribution < 1.29 is 4.42 Å². The summed E-state index contributed by atoms with van der Waals surface area (Å²) in [6.45, 7) is 4.73. The van der Waals surface area contributed by atoms with Gasteiger partial charge in [0.2, 0.25) is 0 Å². The van der Waals surface area contributed by atoms with Crippen LogP contribution >= 0.6 is 0 Å². The topological polar surface area (TPSA) is 16.4 Å². The molecule has 1 aromatic heterocycles. The minimum Gasteiger partial charge on any atom is -0.455 e. The highest BCUT2D eigenvalue weighted by molar-refractivity contribution is 6.11. The smallest absolute Gasteiger partial charge is 0.143 e. The lowest BCUT2D eigenvalue weighted by atomic mass is 9.81. The van der Waals surface area contributed by atoms with Gasteiger partial charge in [-0.25, -0.2) is 0 Å². The fraction of sp³-hybridized carbons (Fsp3) is 0.0612. The van der Waals surface area contributed by atoms with E-state index in [-0.39, 0.29) is 5.41 Å². The van der Waals surface area contributed by atoms with Gasteiger partial charge in [-0.1, -0.05) is 159 Å². The second kappa shape index (κ2) is 11.3. The van der Waals surface area contributed by atoms with Gasteiger partial charge >= 0.3 is 0 Å². The maximum atomic E-state index is 6.61. The monoisotopic (exact) mass is 653 g/mol. The molecule has 0 radical (unpaired) electrons. The largest absolute Gasteiger partial charge is 0.455 e. The number of rotatable bonds is 5. The van der Waals surface area contributed by atoms with E-state index < -0.39 is 0 Å². The molecule has 0 saturated carbocycles. The average Bonchev–Trinajstić information content (AvgIpc) is 3.68. The summed E-state index contributed by atoms with van der Waals surface area (Å²) in [7, 11) is 0. The number of nitrogens with zero attached hydrogens (tertiary/aromatic N) is 1. The summed E-state index contributed by atoms with van der Waals surface area (Å²) in [5.41, 5.74) is 14.9. The Morgan fingerprint density at radius 1 is 0.431 bits per heavy atom. The lowest BCUT2D eigenvalue weighted by Crippen LogP contribution is -2.21. The Labute approximate surface area is 297 Å². The molecule has 2 heteroatoms. The van der Waals surface area contributed by atoms with Gasteiger partial charge in [0.25, 0.3) is 0 Å². The predicted octanol–water partition coefficient (Wildman–Crippen LogP) is 13.8. The van der Waals surface area contributed by atoms with Crippen LogP contribution in [0.2, 0.25) is 0 Å². The van der Waals surface area contributed by atoms with Crippen molar-refractivity contribution in [3.05, 3.63) is 187 Å². The van der Waals surface area contributed by atoms with Gasteiger partial charge in [0.05, 0.1) is 11.4 Å². The number of anilines is 3. The highest BCUT2D eigenvalue weighted by Crippen LogP contribution is 2.55. The minimum absolute atomic E-state index is 0.197. The van der Waals surface area contributed by atoms with Crippen LogP contribution in [0.15, 0.2) is 180 Å². The summed E-state index contributed by atoms with van der Waals surface area (Å²) in [6.07, 6.45) is 0. The predicted molar refractivity (Wildman–Crippen MR) is 214 cm³/mol. The molecule has 10 rings (SSSR count). The van der Waals surface area contributed by atoms with E-state index in [9.17, 15) is 0 Å². The van der Waals surface area contributed by atoms with E-state index in [4.69, 9.17) is 4.42 Å². The van der Waals surface area contributed by atoms with Crippen LogP contribution in [-0.2, 0) is 5.41 Å². The molecule has 0 atom stereocenters. The molecule has 0 aliphatic heterocycles. The van der Waals surface area contributed by atoms with Crippen molar-refractivity contribution in [3.8, 4) is 33.4 Å². The van der Waals surface area contributed by atoms with Crippen LogP contribution in [-0.4, -0.2) is 0 Å². The number of hydrogen-bond acceptors (Lipinski definition) is 2. The summed E-state index contributed by atoms with van der Waals surface area (Å²) >= 11 is 0. The van der Waals surface area contributed by atoms with Gasteiger partial charge in [-0.15, -0.1) is 0 Å². The lowest BCUT2D eigenvalue weighted by molar-refractivity contribution is 0.660. The first-order valence-electron chi connectivity index (χ1n) is 17.7. The second-order valence-electron chi connectivity index (χ2n) is 14.1. The molecule has 9 aromatic rings. The van der Waals surface area contributed by atoms with Gasteiger partial charge in [0.15, 0.2) is 0 Å². The number of furan rings is 1. The third-order valence-electron chi connectivity index (χ3n) is 10.9. The van der Waals surface area contributed by atoms with Crippen LogP contribution in [0.25, 0.3) is 66.1 Å². The average molecular weight is 654 g/mol. The van der Waals surface area contributed by atoms with E-state index in [1.54, 1.807) is 0 Å². The van der Waals surface area contributed by atoms with Crippen LogP contribution in [0, 0.1) is 0 Å². The molecular formula is C49H35NO. The fourth-order valence-electron chi connectivity index (χ4n) is 8.54. The molecule has 2 nitrogen and oxygen atoms in total. The van der Waals surface area contributed by atoms with Crippen molar-refractivity contribution in [1.82, 2.24) is 0 Å². The van der Waals surface area contributed by atoms with E-state index in [0.717, 1.165) is 44.4 Å². The Morgan fingerprint density at radius 2 is 1.02 bits per heavy atom. The summed E-state index contributed by atoms with van der Waals surface area (Å²) in [5.74, 6) is 0. The van der Waals surface area contributed by atoms with Crippen molar-refractivity contribution in [3.63, 3.8) is 0 Å². The Hall–Kier alpha value is -6.38. The summed E-state index contributed by atoms with van der Waals surface area (Å²) in [5, 5.41) is 4.76. The second-order valence-corrected chi connectivity index (χ2v) is 14.1. The number of para-hydroxylation sites is 3. The maximum Gasteiger partial charge on any atom is 0.143 e. The third kappa shape index (κ3) is 4.50. The van der Waals surface area contributed by atoms with Crippen molar-refractivity contribution >= 4 is 49.8 Å². The quantitative estimate of drug-likeness (QED) is 0.184. The number of hydrogen-bond donors (Lipinski definition) is 0. The summed E-state index contributed by atoms with van der Waals surface area (Å²) < 4.78 is 6.61. The highest BCUT2D eigenvalue weighted by Gasteiger charge is 2.39. The normalized spacial score (nSPS) is 13.1. The molecule has 0 spiro atoms. The van der Waals surface area contributed by atoms with Crippen LogP contribution < -0.4 is 4.90 Å². The van der Waals surface area contributed by atoms with Crippen LogP contribution in [0.3, 0.4) is 0 Å². The molecule has 0 fully saturated rings. The van der Waals surface area contributed by atoms with E-state index in [1.165, 1.54) is 49.8 Å². The van der Waals surface area contributed by atoms with E-state index in [1.807, 2.05) is 6.07 Å². The van der Waals surface area contributed by atoms with Crippen LogP contribution in [0.4, 0.5) is 17.1 Å². The number of benzene rings is 8. The van der Waals surface area contributed by atoms with Crippen molar-refractivity contribution in [2.24, 2.45) is 0 Å². The Morgan fingerprint density at radius 3 is 1.90 bits per heavy atom. The van der Waals surface area contributed by atoms with Crippen molar-refractivity contribution in [1.29, 1.82) is 0 Å². The van der Waals surface area contributed by atoms with E-state index in [0.29, 0.717) is 0 Å². The van der Waals surface area contributed by atoms with Gasteiger partial charge in [-0.2, -0.15) is 0 Å². The van der Waals surface area contributed by atoms with E-state index >= 15 is 0 Å². The zero-order chi connectivity index (χ0) is 34.1. The summed E-state index contributed by atoms with van der Waals surface area (Å²) in [6, 6.07) is 63.6. The first-order chi connectivity index (χ1) is 25.1.